The lowest BCUT2D eigenvalue weighted by molar-refractivity contribution is -0.0209. The molecule has 0 amide bonds. The minimum Gasteiger partial charge on any atom is -0.374 e. The first kappa shape index (κ1) is 15.1. The lowest BCUT2D eigenvalue weighted by Gasteiger charge is -2.35. The van der Waals surface area contributed by atoms with E-state index in [4.69, 9.17) is 9.73 Å². The van der Waals surface area contributed by atoms with Crippen molar-refractivity contribution in [3.05, 3.63) is 0 Å². The summed E-state index contributed by atoms with van der Waals surface area (Å²) in [5.74, 6) is 1.17. The molecule has 2 aliphatic heterocycles. The molecule has 0 aliphatic carbocycles. The molecule has 1 N–H and O–H groups in total. The number of ether oxygens (including phenoxy) is 1. The van der Waals surface area contributed by atoms with E-state index in [9.17, 15) is 0 Å². The monoisotopic (exact) mass is 285 g/mol. The second kappa shape index (κ2) is 6.95. The predicted octanol–water partition coefficient (Wildman–Crippen LogP) is 1.96. The summed E-state index contributed by atoms with van der Waals surface area (Å²) in [5, 5.41) is 4.69. The summed E-state index contributed by atoms with van der Waals surface area (Å²) < 4.78 is 5.79. The van der Waals surface area contributed by atoms with Crippen molar-refractivity contribution < 1.29 is 4.74 Å². The molecular weight excluding hydrogens is 258 g/mol. The smallest absolute Gasteiger partial charge is 0.157 e. The van der Waals surface area contributed by atoms with Gasteiger partial charge in [0.1, 0.15) is 0 Å². The molecule has 0 saturated carbocycles. The molecular formula is C14H27N3OS. The fraction of sp³-hybridized carbons (Fsp3) is 0.929. The Labute approximate surface area is 121 Å². The minimum atomic E-state index is 0.229. The van der Waals surface area contributed by atoms with Crippen molar-refractivity contribution in [2.45, 2.75) is 45.3 Å². The maximum absolute atomic E-state index is 5.79. The molecule has 0 radical (unpaired) electrons. The zero-order valence-corrected chi connectivity index (χ0v) is 13.3. The van der Waals surface area contributed by atoms with Crippen molar-refractivity contribution in [1.82, 2.24) is 10.2 Å². The zero-order valence-electron chi connectivity index (χ0n) is 12.4. The summed E-state index contributed by atoms with van der Waals surface area (Å²) in [5.41, 5.74) is 0.229. The Morgan fingerprint density at radius 3 is 3.11 bits per heavy atom. The molecule has 110 valence electrons. The van der Waals surface area contributed by atoms with Crippen molar-refractivity contribution in [2.75, 3.05) is 38.5 Å². The third kappa shape index (κ3) is 4.36. The standard InChI is InChI=1S/C14H27N3OS/c1-4-14(3)6-9-19-13(16-14)15-10-12-11-17(5-2)7-8-18-12/h12H,4-11H2,1-3H3,(H,15,16). The van der Waals surface area contributed by atoms with E-state index >= 15 is 0 Å². The number of nitrogens with one attached hydrogen (secondary N) is 1. The second-order valence-electron chi connectivity index (χ2n) is 5.67. The average Bonchev–Trinajstić information content (AvgIpc) is 2.45. The van der Waals surface area contributed by atoms with Crippen LogP contribution in [0, 0.1) is 0 Å². The van der Waals surface area contributed by atoms with Gasteiger partial charge in [-0.15, -0.1) is 0 Å². The Morgan fingerprint density at radius 2 is 2.37 bits per heavy atom. The van der Waals surface area contributed by atoms with Crippen LogP contribution < -0.4 is 5.32 Å². The van der Waals surface area contributed by atoms with Gasteiger partial charge in [-0.25, -0.2) is 0 Å². The van der Waals surface area contributed by atoms with E-state index in [1.165, 1.54) is 12.2 Å². The largest absolute Gasteiger partial charge is 0.374 e. The summed E-state index contributed by atoms with van der Waals surface area (Å²) in [6.45, 7) is 11.6. The molecule has 2 rings (SSSR count). The summed E-state index contributed by atoms with van der Waals surface area (Å²) in [7, 11) is 0. The molecule has 2 aliphatic rings. The Kier molecular flexibility index (Phi) is 5.54. The number of hydrogen-bond donors (Lipinski definition) is 1. The molecule has 2 saturated heterocycles. The second-order valence-corrected chi connectivity index (χ2v) is 6.75. The molecule has 0 aromatic heterocycles. The summed E-state index contributed by atoms with van der Waals surface area (Å²) in [6.07, 6.45) is 2.63. The first-order valence-electron chi connectivity index (χ1n) is 7.44. The molecule has 19 heavy (non-hydrogen) atoms. The maximum atomic E-state index is 5.79. The molecule has 0 aromatic rings. The lowest BCUT2D eigenvalue weighted by Crippen LogP contribution is -2.48. The van der Waals surface area contributed by atoms with Crippen LogP contribution in [0.4, 0.5) is 0 Å². The van der Waals surface area contributed by atoms with Gasteiger partial charge in [-0.3, -0.25) is 9.89 Å². The first-order chi connectivity index (χ1) is 9.15. The van der Waals surface area contributed by atoms with Crippen molar-refractivity contribution in [3.8, 4) is 0 Å². The van der Waals surface area contributed by atoms with Crippen molar-refractivity contribution in [1.29, 1.82) is 0 Å². The molecule has 0 aromatic carbocycles. The highest BCUT2D eigenvalue weighted by molar-refractivity contribution is 8.13. The number of rotatable bonds is 4. The third-order valence-corrected chi connectivity index (χ3v) is 5.10. The van der Waals surface area contributed by atoms with E-state index in [1.807, 2.05) is 11.8 Å². The van der Waals surface area contributed by atoms with Crippen LogP contribution in [0.25, 0.3) is 0 Å². The molecule has 0 bridgehead atoms. The fourth-order valence-corrected chi connectivity index (χ4v) is 3.67. The van der Waals surface area contributed by atoms with Crippen molar-refractivity contribution in [3.63, 3.8) is 0 Å². The molecule has 2 heterocycles. The molecule has 5 heteroatoms. The van der Waals surface area contributed by atoms with Crippen LogP contribution in [0.15, 0.2) is 4.99 Å². The Bertz CT molecular complexity index is 324. The minimum absolute atomic E-state index is 0.229. The van der Waals surface area contributed by atoms with Gasteiger partial charge < -0.3 is 10.1 Å². The number of thioether (sulfide) groups is 1. The van der Waals surface area contributed by atoms with Gasteiger partial charge >= 0.3 is 0 Å². The number of aliphatic imine (C=N–C) groups is 1. The van der Waals surface area contributed by atoms with E-state index in [2.05, 4.69) is 31.0 Å². The Balaban J connectivity index is 1.84. The third-order valence-electron chi connectivity index (χ3n) is 4.19. The highest BCUT2D eigenvalue weighted by Crippen LogP contribution is 2.24. The van der Waals surface area contributed by atoms with Crippen LogP contribution in [0.3, 0.4) is 0 Å². The van der Waals surface area contributed by atoms with Gasteiger partial charge in [-0.05, 0) is 26.3 Å². The normalized spacial score (nSPS) is 35.3. The number of morpholine rings is 1. The van der Waals surface area contributed by atoms with Gasteiger partial charge in [-0.1, -0.05) is 25.6 Å². The van der Waals surface area contributed by atoms with Gasteiger partial charge in [0.25, 0.3) is 0 Å². The van der Waals surface area contributed by atoms with Gasteiger partial charge in [0.15, 0.2) is 5.17 Å². The van der Waals surface area contributed by atoms with Gasteiger partial charge in [0, 0.05) is 24.4 Å². The molecule has 2 unspecified atom stereocenters. The number of likely N-dealkylation sites (N-methyl/N-ethyl adjacent to an activating group) is 1. The van der Waals surface area contributed by atoms with Gasteiger partial charge in [-0.2, -0.15) is 0 Å². The average molecular weight is 285 g/mol. The SMILES string of the molecule is CCN1CCOC(CN=C2NC(C)(CC)CCS2)C1. The van der Waals surface area contributed by atoms with E-state index < -0.39 is 0 Å². The first-order valence-corrected chi connectivity index (χ1v) is 8.43. The fourth-order valence-electron chi connectivity index (χ4n) is 2.44. The van der Waals surface area contributed by atoms with E-state index in [0.717, 1.165) is 44.4 Å². The van der Waals surface area contributed by atoms with Crippen LogP contribution in [0.2, 0.25) is 0 Å². The van der Waals surface area contributed by atoms with Crippen LogP contribution in [0.5, 0.6) is 0 Å². The summed E-state index contributed by atoms with van der Waals surface area (Å²) >= 11 is 1.85. The van der Waals surface area contributed by atoms with Crippen molar-refractivity contribution >= 4 is 16.9 Å². The lowest BCUT2D eigenvalue weighted by atomic mass is 9.96. The van der Waals surface area contributed by atoms with Gasteiger partial charge in [0.05, 0.1) is 19.3 Å². The van der Waals surface area contributed by atoms with Crippen LogP contribution in [-0.4, -0.2) is 60.2 Å². The van der Waals surface area contributed by atoms with Crippen LogP contribution in [-0.2, 0) is 4.74 Å². The molecule has 4 nitrogen and oxygen atoms in total. The predicted molar refractivity (Wildman–Crippen MR) is 83.1 cm³/mol. The number of hydrogen-bond acceptors (Lipinski definition) is 4. The van der Waals surface area contributed by atoms with Crippen molar-refractivity contribution in [2.24, 2.45) is 4.99 Å². The van der Waals surface area contributed by atoms with E-state index in [0.29, 0.717) is 0 Å². The van der Waals surface area contributed by atoms with Crippen LogP contribution in [0.1, 0.15) is 33.6 Å². The molecule has 2 atom stereocenters. The van der Waals surface area contributed by atoms with E-state index in [-0.39, 0.29) is 11.6 Å². The summed E-state index contributed by atoms with van der Waals surface area (Å²) in [4.78, 5) is 7.17. The Hall–Kier alpha value is -0.260. The molecule has 0 spiro atoms. The quantitative estimate of drug-likeness (QED) is 0.857. The van der Waals surface area contributed by atoms with Crippen LogP contribution >= 0.6 is 11.8 Å². The molecule has 2 fully saturated rings. The Morgan fingerprint density at radius 1 is 1.53 bits per heavy atom. The number of nitrogens with zero attached hydrogens (tertiary/aromatic N) is 2. The summed E-state index contributed by atoms with van der Waals surface area (Å²) in [6, 6.07) is 0. The topological polar surface area (TPSA) is 36.9 Å². The highest BCUT2D eigenvalue weighted by atomic mass is 32.2. The van der Waals surface area contributed by atoms with E-state index in [1.54, 1.807) is 0 Å². The highest BCUT2D eigenvalue weighted by Gasteiger charge is 2.28. The maximum Gasteiger partial charge on any atom is 0.157 e. The zero-order chi connectivity index (χ0) is 13.7. The number of amidine groups is 1. The van der Waals surface area contributed by atoms with Gasteiger partial charge in [0.2, 0.25) is 0 Å².